The maximum absolute atomic E-state index is 11.1. The molecule has 0 radical (unpaired) electrons. The number of aromatic nitrogens is 2. The molecule has 1 aliphatic rings. The summed E-state index contributed by atoms with van der Waals surface area (Å²) in [5.41, 5.74) is 2.44. The minimum Gasteiger partial charge on any atom is -0.355 e. The quantitative estimate of drug-likeness (QED) is 0.859. The Kier molecular flexibility index (Phi) is 3.94. The van der Waals surface area contributed by atoms with Crippen molar-refractivity contribution in [2.45, 2.75) is 51.6 Å². The number of nitrogens with zero attached hydrogens (tertiary/aromatic N) is 2. The Balaban J connectivity index is 1.98. The smallest absolute Gasteiger partial charge is 0.220 e. The second-order valence-electron chi connectivity index (χ2n) is 6.35. The van der Waals surface area contributed by atoms with Crippen molar-refractivity contribution in [3.05, 3.63) is 17.5 Å². The van der Waals surface area contributed by atoms with Crippen molar-refractivity contribution in [3.63, 3.8) is 0 Å². The zero-order chi connectivity index (χ0) is 14.0. The molecule has 2 rings (SSSR count). The zero-order valence-electron chi connectivity index (χ0n) is 12.3. The number of aryl methyl sites for hydroxylation is 1. The number of piperidine rings is 1. The van der Waals surface area contributed by atoms with Crippen LogP contribution in [0.25, 0.3) is 0 Å². The van der Waals surface area contributed by atoms with E-state index in [1.54, 1.807) is 0 Å². The minimum atomic E-state index is 0.0546. The van der Waals surface area contributed by atoms with Gasteiger partial charge in [0.25, 0.3) is 0 Å². The summed E-state index contributed by atoms with van der Waals surface area (Å²) in [6.45, 7) is 8.07. The highest BCUT2D eigenvalue weighted by molar-refractivity contribution is 5.76. The molecule has 5 nitrogen and oxygen atoms in total. The molecule has 0 saturated carbocycles. The summed E-state index contributed by atoms with van der Waals surface area (Å²) in [7, 11) is 1.96. The topological polar surface area (TPSA) is 59.0 Å². The maximum Gasteiger partial charge on any atom is 0.220 e. The first-order valence-electron chi connectivity index (χ1n) is 6.89. The van der Waals surface area contributed by atoms with E-state index in [2.05, 4.69) is 42.7 Å². The predicted molar refractivity (Wildman–Crippen MR) is 74.8 cm³/mol. The highest BCUT2D eigenvalue weighted by Crippen LogP contribution is 2.24. The lowest BCUT2D eigenvalue weighted by atomic mass is 9.89. The fourth-order valence-corrected chi connectivity index (χ4v) is 2.46. The van der Waals surface area contributed by atoms with Crippen LogP contribution in [0.1, 0.15) is 44.9 Å². The molecule has 2 N–H and O–H groups in total. The standard InChI is InChI=1S/C14H24N4O/c1-14(2,3)13-10(9-18(4)17-13)7-15-11-5-6-12(19)16-8-11/h9,11,15H,5-8H2,1-4H3,(H,16,19). The van der Waals surface area contributed by atoms with Gasteiger partial charge in [0, 0.05) is 49.8 Å². The maximum atomic E-state index is 11.1. The number of amides is 1. The summed E-state index contributed by atoms with van der Waals surface area (Å²) in [5, 5.41) is 11.0. The van der Waals surface area contributed by atoms with E-state index in [0.29, 0.717) is 12.5 Å². The van der Waals surface area contributed by atoms with Crippen molar-refractivity contribution in [3.8, 4) is 0 Å². The van der Waals surface area contributed by atoms with E-state index < -0.39 is 0 Å². The number of hydrogen-bond donors (Lipinski definition) is 2. The van der Waals surface area contributed by atoms with E-state index >= 15 is 0 Å². The molecular formula is C14H24N4O. The van der Waals surface area contributed by atoms with Crippen molar-refractivity contribution in [2.24, 2.45) is 7.05 Å². The third kappa shape index (κ3) is 3.56. The summed E-state index contributed by atoms with van der Waals surface area (Å²) in [6, 6.07) is 0.366. The lowest BCUT2D eigenvalue weighted by Gasteiger charge is -2.24. The Morgan fingerprint density at radius 1 is 1.53 bits per heavy atom. The van der Waals surface area contributed by atoms with Gasteiger partial charge in [-0.25, -0.2) is 0 Å². The average Bonchev–Trinajstić information content (AvgIpc) is 2.70. The molecule has 1 aromatic rings. The van der Waals surface area contributed by atoms with Gasteiger partial charge in [-0.05, 0) is 6.42 Å². The molecule has 1 aliphatic heterocycles. The Bertz CT molecular complexity index is 449. The Labute approximate surface area is 114 Å². The monoisotopic (exact) mass is 264 g/mol. The summed E-state index contributed by atoms with van der Waals surface area (Å²) in [6.07, 6.45) is 3.61. The second kappa shape index (κ2) is 5.33. The minimum absolute atomic E-state index is 0.0546. The van der Waals surface area contributed by atoms with Gasteiger partial charge in [-0.1, -0.05) is 20.8 Å². The Morgan fingerprint density at radius 3 is 2.84 bits per heavy atom. The highest BCUT2D eigenvalue weighted by atomic mass is 16.1. The van der Waals surface area contributed by atoms with Crippen molar-refractivity contribution >= 4 is 5.91 Å². The van der Waals surface area contributed by atoms with Gasteiger partial charge in [-0.3, -0.25) is 9.48 Å². The highest BCUT2D eigenvalue weighted by Gasteiger charge is 2.23. The van der Waals surface area contributed by atoms with E-state index in [1.165, 1.54) is 5.56 Å². The molecule has 0 spiro atoms. The number of nitrogens with one attached hydrogen (secondary N) is 2. The van der Waals surface area contributed by atoms with Gasteiger partial charge in [0.1, 0.15) is 0 Å². The van der Waals surface area contributed by atoms with Crippen molar-refractivity contribution in [1.82, 2.24) is 20.4 Å². The number of rotatable bonds is 3. The van der Waals surface area contributed by atoms with E-state index in [9.17, 15) is 4.79 Å². The Hall–Kier alpha value is -1.36. The summed E-state index contributed by atoms with van der Waals surface area (Å²) in [5.74, 6) is 0.162. The largest absolute Gasteiger partial charge is 0.355 e. The van der Waals surface area contributed by atoms with Crippen LogP contribution in [0.3, 0.4) is 0 Å². The lowest BCUT2D eigenvalue weighted by Crippen LogP contribution is -2.45. The molecule has 5 heteroatoms. The van der Waals surface area contributed by atoms with Gasteiger partial charge in [0.05, 0.1) is 5.69 Å². The molecule has 1 aromatic heterocycles. The first-order valence-corrected chi connectivity index (χ1v) is 6.89. The van der Waals surface area contributed by atoms with Crippen LogP contribution >= 0.6 is 0 Å². The van der Waals surface area contributed by atoms with Crippen LogP contribution < -0.4 is 10.6 Å². The van der Waals surface area contributed by atoms with Crippen LogP contribution in [-0.4, -0.2) is 28.3 Å². The Morgan fingerprint density at radius 2 is 2.26 bits per heavy atom. The van der Waals surface area contributed by atoms with Crippen molar-refractivity contribution in [1.29, 1.82) is 0 Å². The second-order valence-corrected chi connectivity index (χ2v) is 6.35. The SMILES string of the molecule is Cn1cc(CNC2CCC(=O)NC2)c(C(C)(C)C)n1. The molecule has 1 fully saturated rings. The van der Waals surface area contributed by atoms with Gasteiger partial charge in [-0.2, -0.15) is 5.10 Å². The van der Waals surface area contributed by atoms with Crippen LogP contribution in [0.5, 0.6) is 0 Å². The zero-order valence-corrected chi connectivity index (χ0v) is 12.3. The van der Waals surface area contributed by atoms with E-state index in [0.717, 1.165) is 25.2 Å². The molecule has 19 heavy (non-hydrogen) atoms. The van der Waals surface area contributed by atoms with Crippen molar-refractivity contribution < 1.29 is 4.79 Å². The van der Waals surface area contributed by atoms with Gasteiger partial charge in [0.2, 0.25) is 5.91 Å². The molecule has 1 amide bonds. The molecule has 0 bridgehead atoms. The number of carbonyl (C=O) groups excluding carboxylic acids is 1. The third-order valence-electron chi connectivity index (χ3n) is 3.46. The van der Waals surface area contributed by atoms with E-state index in [4.69, 9.17) is 0 Å². The fourth-order valence-electron chi connectivity index (χ4n) is 2.46. The van der Waals surface area contributed by atoms with Gasteiger partial charge < -0.3 is 10.6 Å². The molecule has 1 atom stereocenters. The van der Waals surface area contributed by atoms with Gasteiger partial charge in [-0.15, -0.1) is 0 Å². The average molecular weight is 264 g/mol. The van der Waals surface area contributed by atoms with E-state index in [-0.39, 0.29) is 11.3 Å². The summed E-state index contributed by atoms with van der Waals surface area (Å²) >= 11 is 0. The molecule has 0 aromatic carbocycles. The molecule has 0 aliphatic carbocycles. The molecule has 1 unspecified atom stereocenters. The lowest BCUT2D eigenvalue weighted by molar-refractivity contribution is -0.122. The molecule has 1 saturated heterocycles. The first-order chi connectivity index (χ1) is 8.86. The van der Waals surface area contributed by atoms with E-state index in [1.807, 2.05) is 11.7 Å². The van der Waals surface area contributed by atoms with Crippen LogP contribution in [0.2, 0.25) is 0 Å². The first kappa shape index (κ1) is 14.1. The fraction of sp³-hybridized carbons (Fsp3) is 0.714. The molecule has 2 heterocycles. The predicted octanol–water partition coefficient (Wildman–Crippen LogP) is 1.09. The summed E-state index contributed by atoms with van der Waals surface area (Å²) < 4.78 is 1.88. The molecule has 106 valence electrons. The molecular weight excluding hydrogens is 240 g/mol. The van der Waals surface area contributed by atoms with Gasteiger partial charge in [0.15, 0.2) is 0 Å². The van der Waals surface area contributed by atoms with Gasteiger partial charge >= 0.3 is 0 Å². The van der Waals surface area contributed by atoms with Crippen LogP contribution in [-0.2, 0) is 23.8 Å². The van der Waals surface area contributed by atoms with Crippen LogP contribution in [0, 0.1) is 0 Å². The van der Waals surface area contributed by atoms with Crippen LogP contribution in [0.15, 0.2) is 6.20 Å². The number of carbonyl (C=O) groups is 1. The van der Waals surface area contributed by atoms with Crippen molar-refractivity contribution in [2.75, 3.05) is 6.54 Å². The third-order valence-corrected chi connectivity index (χ3v) is 3.46. The normalized spacial score (nSPS) is 20.4. The summed E-state index contributed by atoms with van der Waals surface area (Å²) in [4.78, 5) is 11.1. The van der Waals surface area contributed by atoms with Crippen LogP contribution in [0.4, 0.5) is 0 Å². The number of hydrogen-bond acceptors (Lipinski definition) is 3.